The molecule has 1 amide bonds. The molecule has 1 aromatic heterocycles. The molecule has 2 heterocycles. The van der Waals surface area contributed by atoms with E-state index in [1.165, 1.54) is 0 Å². The molecule has 21 heavy (non-hydrogen) atoms. The molecule has 3 N–H and O–H groups in total. The van der Waals surface area contributed by atoms with Gasteiger partial charge in [-0.25, -0.2) is 9.97 Å². The smallest absolute Gasteiger partial charge is 0.242 e. The first kappa shape index (κ1) is 15.5. The van der Waals surface area contributed by atoms with E-state index in [2.05, 4.69) is 22.2 Å². The molecule has 7 nitrogen and oxygen atoms in total. The number of hydrogen-bond donors (Lipinski definition) is 2. The molecule has 1 unspecified atom stereocenters. The van der Waals surface area contributed by atoms with Crippen LogP contribution >= 0.6 is 0 Å². The first-order valence-electron chi connectivity index (χ1n) is 7.41. The Morgan fingerprint density at radius 1 is 1.52 bits per heavy atom. The van der Waals surface area contributed by atoms with Crippen LogP contribution in [0.5, 0.6) is 0 Å². The summed E-state index contributed by atoms with van der Waals surface area (Å²) in [4.78, 5) is 22.5. The van der Waals surface area contributed by atoms with E-state index in [9.17, 15) is 4.79 Å². The molecule has 1 aromatic rings. The van der Waals surface area contributed by atoms with Gasteiger partial charge in [-0.05, 0) is 6.42 Å². The predicted molar refractivity (Wildman–Crippen MR) is 81.3 cm³/mol. The van der Waals surface area contributed by atoms with Crippen molar-refractivity contribution in [2.75, 3.05) is 36.5 Å². The van der Waals surface area contributed by atoms with Gasteiger partial charge in [-0.3, -0.25) is 4.79 Å². The van der Waals surface area contributed by atoms with Crippen LogP contribution in [0.3, 0.4) is 0 Å². The fourth-order valence-electron chi connectivity index (χ4n) is 2.25. The summed E-state index contributed by atoms with van der Waals surface area (Å²) in [5.74, 6) is 1.87. The Morgan fingerprint density at radius 3 is 3.00 bits per heavy atom. The molecular weight excluding hydrogens is 270 g/mol. The van der Waals surface area contributed by atoms with Gasteiger partial charge in [0, 0.05) is 25.6 Å². The fourth-order valence-corrected chi connectivity index (χ4v) is 2.25. The molecule has 2 rings (SSSR count). The molecule has 0 bridgehead atoms. The quantitative estimate of drug-likeness (QED) is 0.795. The minimum Gasteiger partial charge on any atom is -0.377 e. The zero-order chi connectivity index (χ0) is 15.2. The summed E-state index contributed by atoms with van der Waals surface area (Å²) in [7, 11) is 0. The maximum atomic E-state index is 11.6. The van der Waals surface area contributed by atoms with Gasteiger partial charge in [-0.15, -0.1) is 0 Å². The van der Waals surface area contributed by atoms with Crippen LogP contribution in [0.2, 0.25) is 0 Å². The average Bonchev–Trinajstić information content (AvgIpc) is 2.52. The van der Waals surface area contributed by atoms with Crippen LogP contribution in [-0.2, 0) is 16.0 Å². The van der Waals surface area contributed by atoms with E-state index < -0.39 is 11.9 Å². The van der Waals surface area contributed by atoms with Crippen molar-refractivity contribution >= 4 is 17.5 Å². The lowest BCUT2D eigenvalue weighted by atomic mass is 10.2. The monoisotopic (exact) mass is 293 g/mol. The van der Waals surface area contributed by atoms with Gasteiger partial charge in [0.1, 0.15) is 23.5 Å². The van der Waals surface area contributed by atoms with E-state index in [1.807, 2.05) is 17.9 Å². The predicted octanol–water partition coefficient (Wildman–Crippen LogP) is 0.551. The number of hydrogen-bond acceptors (Lipinski definition) is 6. The highest BCUT2D eigenvalue weighted by Gasteiger charge is 2.29. The molecule has 1 aliphatic heterocycles. The summed E-state index contributed by atoms with van der Waals surface area (Å²) in [5.41, 5.74) is 5.46. The number of nitrogens with zero attached hydrogens (tertiary/aromatic N) is 3. The molecule has 7 heteroatoms. The van der Waals surface area contributed by atoms with Crippen LogP contribution in [0.1, 0.15) is 26.1 Å². The van der Waals surface area contributed by atoms with Gasteiger partial charge in [0.25, 0.3) is 0 Å². The van der Waals surface area contributed by atoms with E-state index in [-0.39, 0.29) is 0 Å². The largest absolute Gasteiger partial charge is 0.377 e. The Bertz CT molecular complexity index is 494. The number of nitrogens with two attached hydrogens (primary N) is 1. The highest BCUT2D eigenvalue weighted by molar-refractivity contribution is 5.83. The molecule has 0 aliphatic carbocycles. The standard InChI is InChI=1S/C14H23N5O2/c1-3-5-16-12-8-13(18-11(4-2)17-12)19-6-7-21-9-10(19)14(15)20/h8,10H,3-7,9H2,1-2H3,(H2,15,20)(H,16,17,18). The molecule has 1 fully saturated rings. The van der Waals surface area contributed by atoms with Crippen molar-refractivity contribution in [3.63, 3.8) is 0 Å². The molecule has 0 saturated carbocycles. The molecule has 116 valence electrons. The molecule has 1 saturated heterocycles. The van der Waals surface area contributed by atoms with Crippen molar-refractivity contribution in [2.24, 2.45) is 5.73 Å². The number of aryl methyl sites for hydroxylation is 1. The third kappa shape index (κ3) is 3.81. The Labute approximate surface area is 124 Å². The summed E-state index contributed by atoms with van der Waals surface area (Å²) in [6, 6.07) is 1.40. The lowest BCUT2D eigenvalue weighted by molar-refractivity contribution is -0.121. The van der Waals surface area contributed by atoms with E-state index in [4.69, 9.17) is 10.5 Å². The molecule has 0 spiro atoms. The van der Waals surface area contributed by atoms with Gasteiger partial charge in [0.15, 0.2) is 0 Å². The lowest BCUT2D eigenvalue weighted by Crippen LogP contribution is -2.53. The number of aromatic nitrogens is 2. The number of carbonyl (C=O) groups is 1. The second-order valence-corrected chi connectivity index (χ2v) is 4.99. The highest BCUT2D eigenvalue weighted by Crippen LogP contribution is 2.21. The topological polar surface area (TPSA) is 93.4 Å². The van der Waals surface area contributed by atoms with Crippen LogP contribution in [0, 0.1) is 0 Å². The van der Waals surface area contributed by atoms with Gasteiger partial charge >= 0.3 is 0 Å². The lowest BCUT2D eigenvalue weighted by Gasteiger charge is -2.34. The van der Waals surface area contributed by atoms with Crippen molar-refractivity contribution in [3.8, 4) is 0 Å². The molecule has 0 aromatic carbocycles. The number of rotatable bonds is 6. The third-order valence-corrected chi connectivity index (χ3v) is 3.38. The van der Waals surface area contributed by atoms with Crippen molar-refractivity contribution in [2.45, 2.75) is 32.7 Å². The Kier molecular flexibility index (Phi) is 5.32. The van der Waals surface area contributed by atoms with E-state index in [0.717, 1.165) is 36.8 Å². The molecule has 1 aliphatic rings. The Balaban J connectivity index is 2.29. The van der Waals surface area contributed by atoms with Crippen LogP contribution in [0.4, 0.5) is 11.6 Å². The number of nitrogens with one attached hydrogen (secondary N) is 1. The van der Waals surface area contributed by atoms with Gasteiger partial charge in [-0.1, -0.05) is 13.8 Å². The Hall–Kier alpha value is -1.89. The van der Waals surface area contributed by atoms with Crippen molar-refractivity contribution in [3.05, 3.63) is 11.9 Å². The summed E-state index contributed by atoms with van der Waals surface area (Å²) in [5, 5.41) is 3.27. The first-order chi connectivity index (χ1) is 10.2. The normalized spacial score (nSPS) is 18.6. The molecule has 1 atom stereocenters. The fraction of sp³-hybridized carbons (Fsp3) is 0.643. The minimum absolute atomic E-state index is 0.304. The zero-order valence-corrected chi connectivity index (χ0v) is 12.6. The summed E-state index contributed by atoms with van der Waals surface area (Å²) < 4.78 is 5.35. The first-order valence-corrected chi connectivity index (χ1v) is 7.41. The van der Waals surface area contributed by atoms with Gasteiger partial charge in [-0.2, -0.15) is 0 Å². The van der Waals surface area contributed by atoms with E-state index in [0.29, 0.717) is 19.8 Å². The maximum absolute atomic E-state index is 11.6. The van der Waals surface area contributed by atoms with Gasteiger partial charge < -0.3 is 20.7 Å². The highest BCUT2D eigenvalue weighted by atomic mass is 16.5. The van der Waals surface area contributed by atoms with Crippen LogP contribution in [0.15, 0.2) is 6.07 Å². The average molecular weight is 293 g/mol. The summed E-state index contributed by atoms with van der Waals surface area (Å²) in [6.45, 7) is 6.42. The number of primary amides is 1. The number of anilines is 2. The van der Waals surface area contributed by atoms with Gasteiger partial charge in [0.2, 0.25) is 5.91 Å². The van der Waals surface area contributed by atoms with Crippen LogP contribution in [0.25, 0.3) is 0 Å². The number of amides is 1. The number of carbonyl (C=O) groups excluding carboxylic acids is 1. The van der Waals surface area contributed by atoms with Gasteiger partial charge in [0.05, 0.1) is 13.2 Å². The third-order valence-electron chi connectivity index (χ3n) is 3.38. The Morgan fingerprint density at radius 2 is 2.33 bits per heavy atom. The van der Waals surface area contributed by atoms with Crippen LogP contribution < -0.4 is 16.0 Å². The molecule has 0 radical (unpaired) electrons. The number of morpholine rings is 1. The summed E-state index contributed by atoms with van der Waals surface area (Å²) >= 11 is 0. The number of ether oxygens (including phenoxy) is 1. The van der Waals surface area contributed by atoms with Crippen molar-refractivity contribution in [1.82, 2.24) is 9.97 Å². The SMILES string of the molecule is CCCNc1cc(N2CCOCC2C(N)=O)nc(CC)n1. The minimum atomic E-state index is -0.475. The second kappa shape index (κ2) is 7.21. The van der Waals surface area contributed by atoms with E-state index >= 15 is 0 Å². The zero-order valence-electron chi connectivity index (χ0n) is 12.6. The van der Waals surface area contributed by atoms with Crippen molar-refractivity contribution in [1.29, 1.82) is 0 Å². The van der Waals surface area contributed by atoms with Crippen LogP contribution in [-0.4, -0.2) is 48.2 Å². The van der Waals surface area contributed by atoms with E-state index in [1.54, 1.807) is 0 Å². The van der Waals surface area contributed by atoms with Crippen molar-refractivity contribution < 1.29 is 9.53 Å². The second-order valence-electron chi connectivity index (χ2n) is 4.99. The maximum Gasteiger partial charge on any atom is 0.242 e. The summed E-state index contributed by atoms with van der Waals surface area (Å²) in [6.07, 6.45) is 1.75. The molecular formula is C14H23N5O2.